The van der Waals surface area contributed by atoms with Gasteiger partial charge in [0.05, 0.1) is 0 Å². The zero-order valence-corrected chi connectivity index (χ0v) is 15.6. The monoisotopic (exact) mass is 352 g/mol. The van der Waals surface area contributed by atoms with Gasteiger partial charge in [-0.05, 0) is 48.2 Å². The van der Waals surface area contributed by atoms with Crippen LogP contribution in [0.5, 0.6) is 0 Å². The Bertz CT molecular complexity index is 723. The average molecular weight is 352 g/mol. The molecular formula is C21H28N4O. The fourth-order valence-corrected chi connectivity index (χ4v) is 3.22. The lowest BCUT2D eigenvalue weighted by Crippen LogP contribution is -2.43. The van der Waals surface area contributed by atoms with Crippen molar-refractivity contribution in [2.75, 3.05) is 41.7 Å². The van der Waals surface area contributed by atoms with Crippen LogP contribution < -0.4 is 20.9 Å². The third-order valence-corrected chi connectivity index (χ3v) is 4.96. The van der Waals surface area contributed by atoms with Crippen LogP contribution in [0.25, 0.3) is 0 Å². The molecule has 2 amide bonds. The summed E-state index contributed by atoms with van der Waals surface area (Å²) < 4.78 is 0. The number of nitrogens with zero attached hydrogens (tertiary/aromatic N) is 1. The number of para-hydroxylation sites is 1. The van der Waals surface area contributed by atoms with E-state index < -0.39 is 0 Å². The van der Waals surface area contributed by atoms with E-state index in [1.54, 1.807) is 0 Å². The Morgan fingerprint density at radius 1 is 1.08 bits per heavy atom. The predicted octanol–water partition coefficient (Wildman–Crippen LogP) is 4.25. The standard InChI is InChI=1S/C21H28N4O/c1-3-16(2)19-6-4-5-7-20(19)24-21(26)23-17-8-10-18(11-9-17)25-14-12-22-13-15-25/h4-11,16,22H,3,12-15H2,1-2H3,(H2,23,24,26). The minimum Gasteiger partial charge on any atom is -0.369 e. The topological polar surface area (TPSA) is 56.4 Å². The molecule has 138 valence electrons. The lowest BCUT2D eigenvalue weighted by atomic mass is 9.97. The van der Waals surface area contributed by atoms with E-state index in [1.807, 2.05) is 30.3 Å². The Hall–Kier alpha value is -2.53. The van der Waals surface area contributed by atoms with Crippen molar-refractivity contribution in [2.24, 2.45) is 0 Å². The van der Waals surface area contributed by atoms with Gasteiger partial charge in [0.15, 0.2) is 0 Å². The molecule has 3 N–H and O–H groups in total. The lowest BCUT2D eigenvalue weighted by molar-refractivity contribution is 0.262. The summed E-state index contributed by atoms with van der Waals surface area (Å²) in [6.07, 6.45) is 1.04. The summed E-state index contributed by atoms with van der Waals surface area (Å²) >= 11 is 0. The van der Waals surface area contributed by atoms with Crippen molar-refractivity contribution in [2.45, 2.75) is 26.2 Å². The summed E-state index contributed by atoms with van der Waals surface area (Å²) in [5.41, 5.74) is 4.03. The van der Waals surface area contributed by atoms with Crippen LogP contribution in [0.3, 0.4) is 0 Å². The molecule has 5 heteroatoms. The number of rotatable bonds is 5. The van der Waals surface area contributed by atoms with Crippen molar-refractivity contribution >= 4 is 23.1 Å². The normalized spacial score (nSPS) is 15.4. The number of nitrogens with one attached hydrogen (secondary N) is 3. The van der Waals surface area contributed by atoms with Crippen molar-refractivity contribution < 1.29 is 4.79 Å². The quantitative estimate of drug-likeness (QED) is 0.754. The SMILES string of the molecule is CCC(C)c1ccccc1NC(=O)Nc1ccc(N2CCNCC2)cc1. The second-order valence-corrected chi connectivity index (χ2v) is 6.76. The fourth-order valence-electron chi connectivity index (χ4n) is 3.22. The maximum absolute atomic E-state index is 12.4. The maximum Gasteiger partial charge on any atom is 0.323 e. The first kappa shape index (κ1) is 18.3. The number of benzene rings is 2. The second-order valence-electron chi connectivity index (χ2n) is 6.76. The zero-order chi connectivity index (χ0) is 18.4. The molecule has 1 heterocycles. The second kappa shape index (κ2) is 8.72. The van der Waals surface area contributed by atoms with Crippen molar-refractivity contribution in [1.82, 2.24) is 5.32 Å². The van der Waals surface area contributed by atoms with Gasteiger partial charge in [0.2, 0.25) is 0 Å². The first-order chi connectivity index (χ1) is 12.7. The van der Waals surface area contributed by atoms with E-state index in [1.165, 1.54) is 11.3 Å². The summed E-state index contributed by atoms with van der Waals surface area (Å²) in [6.45, 7) is 8.38. The molecule has 1 fully saturated rings. The maximum atomic E-state index is 12.4. The van der Waals surface area contributed by atoms with Crippen LogP contribution in [0.15, 0.2) is 48.5 Å². The molecule has 1 aliphatic rings. The molecule has 2 aromatic rings. The number of piperazine rings is 1. The zero-order valence-electron chi connectivity index (χ0n) is 15.6. The van der Waals surface area contributed by atoms with E-state index in [4.69, 9.17) is 0 Å². The van der Waals surface area contributed by atoms with E-state index in [-0.39, 0.29) is 6.03 Å². The molecule has 2 aromatic carbocycles. The van der Waals surface area contributed by atoms with Crippen molar-refractivity contribution in [3.63, 3.8) is 0 Å². The smallest absolute Gasteiger partial charge is 0.323 e. The van der Waals surface area contributed by atoms with Gasteiger partial charge in [-0.25, -0.2) is 4.79 Å². The number of amides is 2. The minimum absolute atomic E-state index is 0.212. The highest BCUT2D eigenvalue weighted by Crippen LogP contribution is 2.26. The van der Waals surface area contributed by atoms with E-state index in [0.717, 1.165) is 44.0 Å². The molecule has 1 aliphatic heterocycles. The number of hydrogen-bond acceptors (Lipinski definition) is 3. The molecule has 1 saturated heterocycles. The predicted molar refractivity (Wildman–Crippen MR) is 109 cm³/mol. The van der Waals surface area contributed by atoms with Gasteiger partial charge in [0.1, 0.15) is 0 Å². The first-order valence-electron chi connectivity index (χ1n) is 9.40. The van der Waals surface area contributed by atoms with E-state index in [9.17, 15) is 4.79 Å². The molecule has 0 aliphatic carbocycles. The van der Waals surface area contributed by atoms with Gasteiger partial charge in [-0.15, -0.1) is 0 Å². The number of urea groups is 1. The Balaban J connectivity index is 1.62. The van der Waals surface area contributed by atoms with Crippen molar-refractivity contribution in [3.8, 4) is 0 Å². The Morgan fingerprint density at radius 2 is 1.77 bits per heavy atom. The molecule has 0 saturated carbocycles. The van der Waals surface area contributed by atoms with Crippen LogP contribution in [0, 0.1) is 0 Å². The van der Waals surface area contributed by atoms with Crippen LogP contribution >= 0.6 is 0 Å². The minimum atomic E-state index is -0.212. The summed E-state index contributed by atoms with van der Waals surface area (Å²) in [7, 11) is 0. The molecule has 0 spiro atoms. The van der Waals surface area contributed by atoms with Gasteiger partial charge >= 0.3 is 6.03 Å². The molecule has 0 aromatic heterocycles. The summed E-state index contributed by atoms with van der Waals surface area (Å²) in [5.74, 6) is 0.407. The van der Waals surface area contributed by atoms with Crippen molar-refractivity contribution in [1.29, 1.82) is 0 Å². The van der Waals surface area contributed by atoms with Gasteiger partial charge in [0.25, 0.3) is 0 Å². The van der Waals surface area contributed by atoms with E-state index in [2.05, 4.69) is 52.9 Å². The third kappa shape index (κ3) is 4.55. The van der Waals surface area contributed by atoms with Gasteiger partial charge in [0, 0.05) is 43.2 Å². The lowest BCUT2D eigenvalue weighted by Gasteiger charge is -2.29. The van der Waals surface area contributed by atoms with Gasteiger partial charge < -0.3 is 20.9 Å². The highest BCUT2D eigenvalue weighted by atomic mass is 16.2. The van der Waals surface area contributed by atoms with E-state index >= 15 is 0 Å². The molecular weight excluding hydrogens is 324 g/mol. The number of carbonyl (C=O) groups is 1. The van der Waals surface area contributed by atoms with E-state index in [0.29, 0.717) is 5.92 Å². The number of hydrogen-bond donors (Lipinski definition) is 3. The highest BCUT2D eigenvalue weighted by molar-refractivity contribution is 6.00. The average Bonchev–Trinajstić information content (AvgIpc) is 2.69. The Morgan fingerprint density at radius 3 is 2.46 bits per heavy atom. The first-order valence-corrected chi connectivity index (χ1v) is 9.40. The molecule has 26 heavy (non-hydrogen) atoms. The van der Waals surface area contributed by atoms with Gasteiger partial charge in [-0.1, -0.05) is 32.0 Å². The van der Waals surface area contributed by atoms with Crippen LogP contribution in [-0.4, -0.2) is 32.2 Å². The number of anilines is 3. The van der Waals surface area contributed by atoms with Gasteiger partial charge in [-0.3, -0.25) is 0 Å². The molecule has 3 rings (SSSR count). The summed E-state index contributed by atoms with van der Waals surface area (Å²) in [6, 6.07) is 15.8. The summed E-state index contributed by atoms with van der Waals surface area (Å²) in [4.78, 5) is 14.7. The highest BCUT2D eigenvalue weighted by Gasteiger charge is 2.12. The summed E-state index contributed by atoms with van der Waals surface area (Å²) in [5, 5.41) is 9.26. The van der Waals surface area contributed by atoms with Crippen molar-refractivity contribution in [3.05, 3.63) is 54.1 Å². The molecule has 0 bridgehead atoms. The van der Waals surface area contributed by atoms with Crippen LogP contribution in [-0.2, 0) is 0 Å². The van der Waals surface area contributed by atoms with Crippen LogP contribution in [0.1, 0.15) is 31.7 Å². The molecule has 1 unspecified atom stereocenters. The van der Waals surface area contributed by atoms with Crippen LogP contribution in [0.2, 0.25) is 0 Å². The van der Waals surface area contributed by atoms with Gasteiger partial charge in [-0.2, -0.15) is 0 Å². The Kier molecular flexibility index (Phi) is 6.12. The largest absolute Gasteiger partial charge is 0.369 e. The molecule has 1 atom stereocenters. The number of carbonyl (C=O) groups excluding carboxylic acids is 1. The fraction of sp³-hybridized carbons (Fsp3) is 0.381. The molecule has 5 nitrogen and oxygen atoms in total. The Labute approximate surface area is 155 Å². The van der Waals surface area contributed by atoms with Crippen LogP contribution in [0.4, 0.5) is 21.9 Å². The molecule has 0 radical (unpaired) electrons. The third-order valence-electron chi connectivity index (χ3n) is 4.96.